The fourth-order valence-corrected chi connectivity index (χ4v) is 1.27. The highest BCUT2D eigenvalue weighted by Gasteiger charge is 1.93. The Morgan fingerprint density at radius 2 is 2.13 bits per heavy atom. The van der Waals surface area contributed by atoms with Crippen LogP contribution in [0.1, 0.15) is 19.5 Å². The number of hydrogen-bond donors (Lipinski definition) is 3. The van der Waals surface area contributed by atoms with E-state index in [9.17, 15) is 4.79 Å². The summed E-state index contributed by atoms with van der Waals surface area (Å²) in [4.78, 5) is 13.7. The number of nitrogens with one attached hydrogen (secondary N) is 3. The third-order valence-corrected chi connectivity index (χ3v) is 2.00. The van der Waals surface area contributed by atoms with Gasteiger partial charge >= 0.3 is 0 Å². The third-order valence-electron chi connectivity index (χ3n) is 2.00. The van der Waals surface area contributed by atoms with Crippen LogP contribution in [0.15, 0.2) is 23.0 Å². The molecule has 0 aromatic carbocycles. The van der Waals surface area contributed by atoms with Gasteiger partial charge in [0.2, 0.25) is 5.56 Å². The molecule has 0 fully saturated rings. The molecule has 0 saturated carbocycles. The maximum atomic E-state index is 11.0. The molecule has 0 saturated heterocycles. The second kappa shape index (κ2) is 6.37. The summed E-state index contributed by atoms with van der Waals surface area (Å²) in [5.74, 6) is 0. The zero-order chi connectivity index (χ0) is 11.1. The van der Waals surface area contributed by atoms with Crippen molar-refractivity contribution in [2.75, 3.05) is 13.1 Å². The van der Waals surface area contributed by atoms with Gasteiger partial charge in [-0.15, -0.1) is 0 Å². The highest BCUT2D eigenvalue weighted by Crippen LogP contribution is 1.87. The Morgan fingerprint density at radius 3 is 2.80 bits per heavy atom. The van der Waals surface area contributed by atoms with Crippen molar-refractivity contribution < 1.29 is 0 Å². The van der Waals surface area contributed by atoms with E-state index in [4.69, 9.17) is 0 Å². The van der Waals surface area contributed by atoms with Gasteiger partial charge in [0.05, 0.1) is 0 Å². The monoisotopic (exact) mass is 209 g/mol. The van der Waals surface area contributed by atoms with E-state index in [0.29, 0.717) is 12.6 Å². The topological polar surface area (TPSA) is 56.9 Å². The van der Waals surface area contributed by atoms with Crippen LogP contribution in [0, 0.1) is 0 Å². The lowest BCUT2D eigenvalue weighted by atomic mass is 10.3. The molecule has 0 aliphatic rings. The Kier molecular flexibility index (Phi) is 5.07. The Morgan fingerprint density at radius 1 is 1.33 bits per heavy atom. The molecule has 3 N–H and O–H groups in total. The van der Waals surface area contributed by atoms with E-state index in [1.54, 1.807) is 6.07 Å². The van der Waals surface area contributed by atoms with Crippen LogP contribution in [-0.2, 0) is 6.54 Å². The summed E-state index contributed by atoms with van der Waals surface area (Å²) in [6.45, 7) is 6.78. The van der Waals surface area contributed by atoms with Crippen molar-refractivity contribution in [2.45, 2.75) is 26.4 Å². The van der Waals surface area contributed by atoms with Gasteiger partial charge in [0, 0.05) is 37.4 Å². The minimum absolute atomic E-state index is 0.0467. The molecule has 0 radical (unpaired) electrons. The van der Waals surface area contributed by atoms with Crippen LogP contribution in [-0.4, -0.2) is 24.1 Å². The molecule has 0 amide bonds. The summed E-state index contributed by atoms with van der Waals surface area (Å²) < 4.78 is 0. The van der Waals surface area contributed by atoms with Crippen LogP contribution in [0.3, 0.4) is 0 Å². The zero-order valence-corrected chi connectivity index (χ0v) is 9.34. The minimum atomic E-state index is -0.0467. The molecule has 1 heterocycles. The van der Waals surface area contributed by atoms with Crippen molar-refractivity contribution in [1.29, 1.82) is 0 Å². The van der Waals surface area contributed by atoms with Gasteiger partial charge in [0.1, 0.15) is 0 Å². The van der Waals surface area contributed by atoms with Gasteiger partial charge in [-0.2, -0.15) is 0 Å². The van der Waals surface area contributed by atoms with E-state index >= 15 is 0 Å². The lowest BCUT2D eigenvalue weighted by Crippen LogP contribution is -2.31. The first-order valence-electron chi connectivity index (χ1n) is 5.31. The van der Waals surface area contributed by atoms with Crippen molar-refractivity contribution in [2.24, 2.45) is 0 Å². The molecule has 0 spiro atoms. The summed E-state index contributed by atoms with van der Waals surface area (Å²) in [6.07, 6.45) is 0. The van der Waals surface area contributed by atoms with E-state index in [1.807, 2.05) is 6.07 Å². The van der Waals surface area contributed by atoms with Gasteiger partial charge in [0.15, 0.2) is 0 Å². The molecule has 1 aromatic heterocycles. The van der Waals surface area contributed by atoms with Gasteiger partial charge in [-0.3, -0.25) is 4.79 Å². The number of H-pyrrole nitrogens is 1. The van der Waals surface area contributed by atoms with Crippen LogP contribution in [0.2, 0.25) is 0 Å². The predicted molar refractivity (Wildman–Crippen MR) is 61.9 cm³/mol. The van der Waals surface area contributed by atoms with Crippen LogP contribution in [0.5, 0.6) is 0 Å². The first-order valence-corrected chi connectivity index (χ1v) is 5.31. The molecule has 1 aromatic rings. The fourth-order valence-electron chi connectivity index (χ4n) is 1.27. The molecule has 0 bridgehead atoms. The second-order valence-electron chi connectivity index (χ2n) is 3.83. The SMILES string of the molecule is CC(C)NCCNCc1cccc(=O)[nH]1. The fraction of sp³-hybridized carbons (Fsp3) is 0.545. The quantitative estimate of drug-likeness (QED) is 0.597. The molecular weight excluding hydrogens is 190 g/mol. The molecular formula is C11H19N3O. The Bertz CT molecular complexity index is 333. The minimum Gasteiger partial charge on any atom is -0.325 e. The number of rotatable bonds is 6. The van der Waals surface area contributed by atoms with Gasteiger partial charge in [0.25, 0.3) is 0 Å². The third kappa shape index (κ3) is 5.34. The molecule has 0 aliphatic heterocycles. The summed E-state index contributed by atoms with van der Waals surface area (Å²) in [5.41, 5.74) is 0.877. The van der Waals surface area contributed by atoms with Crippen LogP contribution >= 0.6 is 0 Å². The predicted octanol–water partition coefficient (Wildman–Crippen LogP) is 0.462. The van der Waals surface area contributed by atoms with Crippen LogP contribution in [0.25, 0.3) is 0 Å². The smallest absolute Gasteiger partial charge is 0.248 e. The number of aromatic nitrogens is 1. The molecule has 1 rings (SSSR count). The lowest BCUT2D eigenvalue weighted by molar-refractivity contribution is 0.553. The molecule has 0 aliphatic carbocycles. The first-order chi connectivity index (χ1) is 7.18. The van der Waals surface area contributed by atoms with Crippen LogP contribution < -0.4 is 16.2 Å². The highest BCUT2D eigenvalue weighted by atomic mass is 16.1. The van der Waals surface area contributed by atoms with Gasteiger partial charge < -0.3 is 15.6 Å². The normalized spacial score (nSPS) is 10.9. The van der Waals surface area contributed by atoms with Gasteiger partial charge in [-0.05, 0) is 6.07 Å². The Labute approximate surface area is 90.1 Å². The molecule has 4 heteroatoms. The van der Waals surface area contributed by atoms with Crippen molar-refractivity contribution in [3.8, 4) is 0 Å². The number of pyridine rings is 1. The summed E-state index contributed by atoms with van der Waals surface area (Å²) in [6, 6.07) is 5.71. The van der Waals surface area contributed by atoms with Crippen molar-refractivity contribution in [3.05, 3.63) is 34.2 Å². The van der Waals surface area contributed by atoms with Gasteiger partial charge in [-0.1, -0.05) is 19.9 Å². The average Bonchev–Trinajstić information content (AvgIpc) is 2.17. The van der Waals surface area contributed by atoms with Gasteiger partial charge in [-0.25, -0.2) is 0 Å². The maximum Gasteiger partial charge on any atom is 0.248 e. The summed E-state index contributed by atoms with van der Waals surface area (Å²) in [5, 5.41) is 6.56. The zero-order valence-electron chi connectivity index (χ0n) is 9.34. The number of aromatic amines is 1. The van der Waals surface area contributed by atoms with Crippen molar-refractivity contribution >= 4 is 0 Å². The molecule has 0 unspecified atom stereocenters. The average molecular weight is 209 g/mol. The Hall–Kier alpha value is -1.13. The van der Waals surface area contributed by atoms with Crippen molar-refractivity contribution in [1.82, 2.24) is 15.6 Å². The summed E-state index contributed by atoms with van der Waals surface area (Å²) >= 11 is 0. The standard InChI is InChI=1S/C11H19N3O/c1-9(2)13-7-6-12-8-10-4-3-5-11(15)14-10/h3-5,9,12-13H,6-8H2,1-2H3,(H,14,15). The maximum absolute atomic E-state index is 11.0. The van der Waals surface area contributed by atoms with E-state index in [1.165, 1.54) is 6.07 Å². The second-order valence-corrected chi connectivity index (χ2v) is 3.83. The van der Waals surface area contributed by atoms with E-state index in [2.05, 4.69) is 29.5 Å². The number of hydrogen-bond acceptors (Lipinski definition) is 3. The molecule has 4 nitrogen and oxygen atoms in total. The van der Waals surface area contributed by atoms with E-state index in [-0.39, 0.29) is 5.56 Å². The largest absolute Gasteiger partial charge is 0.325 e. The molecule has 15 heavy (non-hydrogen) atoms. The van der Waals surface area contributed by atoms with Crippen molar-refractivity contribution in [3.63, 3.8) is 0 Å². The van der Waals surface area contributed by atoms with E-state index < -0.39 is 0 Å². The first kappa shape index (κ1) is 11.9. The molecule has 0 atom stereocenters. The van der Waals surface area contributed by atoms with E-state index in [0.717, 1.165) is 18.8 Å². The lowest BCUT2D eigenvalue weighted by Gasteiger charge is -2.08. The van der Waals surface area contributed by atoms with Crippen LogP contribution in [0.4, 0.5) is 0 Å². The molecule has 84 valence electrons. The Balaban J connectivity index is 2.18. The summed E-state index contributed by atoms with van der Waals surface area (Å²) in [7, 11) is 0. The highest BCUT2D eigenvalue weighted by molar-refractivity contribution is 5.03.